The lowest BCUT2D eigenvalue weighted by atomic mass is 9.89. The van der Waals surface area contributed by atoms with Crippen LogP contribution in [0.2, 0.25) is 0 Å². The maximum Gasteiger partial charge on any atom is 0.242 e. The van der Waals surface area contributed by atoms with Gasteiger partial charge >= 0.3 is 0 Å². The van der Waals surface area contributed by atoms with Crippen LogP contribution in [0.3, 0.4) is 0 Å². The van der Waals surface area contributed by atoms with E-state index in [2.05, 4.69) is 22.1 Å². The lowest BCUT2D eigenvalue weighted by Crippen LogP contribution is -2.61. The zero-order chi connectivity index (χ0) is 14.0. The van der Waals surface area contributed by atoms with E-state index in [0.717, 1.165) is 50.7 Å². The molecule has 2 aliphatic rings. The van der Waals surface area contributed by atoms with Gasteiger partial charge in [0.25, 0.3) is 0 Å². The van der Waals surface area contributed by atoms with E-state index in [1.54, 1.807) is 11.3 Å². The van der Waals surface area contributed by atoms with Gasteiger partial charge in [-0.15, -0.1) is 11.3 Å². The third-order valence-corrected chi connectivity index (χ3v) is 5.18. The average Bonchev–Trinajstić information content (AvgIpc) is 3.02. The van der Waals surface area contributed by atoms with Gasteiger partial charge in [0.05, 0.1) is 5.54 Å². The molecule has 0 aromatic carbocycles. The average molecular weight is 294 g/mol. The lowest BCUT2D eigenvalue weighted by molar-refractivity contribution is -0.139. The van der Waals surface area contributed by atoms with Crippen LogP contribution in [-0.2, 0) is 4.79 Å². The van der Waals surface area contributed by atoms with E-state index in [0.29, 0.717) is 0 Å². The van der Waals surface area contributed by atoms with Crippen molar-refractivity contribution in [2.24, 2.45) is 0 Å². The summed E-state index contributed by atoms with van der Waals surface area (Å²) in [4.78, 5) is 21.3. The summed E-state index contributed by atoms with van der Waals surface area (Å²) in [6.45, 7) is 6.39. The minimum atomic E-state index is -0.346. The molecule has 1 atom stereocenters. The third-order valence-electron chi connectivity index (χ3n) is 4.35. The first-order chi connectivity index (χ1) is 9.69. The van der Waals surface area contributed by atoms with Crippen molar-refractivity contribution in [3.63, 3.8) is 0 Å². The first kappa shape index (κ1) is 13.8. The number of anilines is 1. The van der Waals surface area contributed by atoms with Crippen molar-refractivity contribution in [1.29, 1.82) is 0 Å². The molecule has 1 N–H and O–H groups in total. The molecule has 3 rings (SSSR count). The van der Waals surface area contributed by atoms with Gasteiger partial charge in [0, 0.05) is 37.8 Å². The third kappa shape index (κ3) is 2.67. The fourth-order valence-electron chi connectivity index (χ4n) is 3.06. The predicted octanol–water partition coefficient (Wildman–Crippen LogP) is 1.32. The van der Waals surface area contributed by atoms with Crippen molar-refractivity contribution >= 4 is 22.4 Å². The maximum absolute atomic E-state index is 12.7. The van der Waals surface area contributed by atoms with Crippen molar-refractivity contribution in [2.75, 3.05) is 37.6 Å². The van der Waals surface area contributed by atoms with Crippen LogP contribution in [0.5, 0.6) is 0 Å². The molecule has 5 nitrogen and oxygen atoms in total. The summed E-state index contributed by atoms with van der Waals surface area (Å²) in [6.07, 6.45) is 5.12. The number of rotatable bonds is 2. The second kappa shape index (κ2) is 5.69. The number of piperazine rings is 1. The molecule has 0 spiro atoms. The van der Waals surface area contributed by atoms with Crippen LogP contribution in [0.25, 0.3) is 0 Å². The minimum Gasteiger partial charge on any atom is -0.345 e. The standard InChI is InChI=1S/C14H22N4OS/c1-14(4-2-3-5-16-14)12(19)17-7-9-18(10-8-17)13-15-6-11-20-13/h6,11,16H,2-5,7-10H2,1H3. The van der Waals surface area contributed by atoms with Crippen LogP contribution in [0.15, 0.2) is 11.6 Å². The Morgan fingerprint density at radius 2 is 2.15 bits per heavy atom. The molecule has 110 valence electrons. The Labute approximate surface area is 124 Å². The molecule has 1 aromatic heterocycles. The first-order valence-electron chi connectivity index (χ1n) is 7.38. The first-order valence-corrected chi connectivity index (χ1v) is 8.26. The van der Waals surface area contributed by atoms with Crippen molar-refractivity contribution < 1.29 is 4.79 Å². The van der Waals surface area contributed by atoms with Gasteiger partial charge in [-0.2, -0.15) is 0 Å². The lowest BCUT2D eigenvalue weighted by Gasteiger charge is -2.41. The largest absolute Gasteiger partial charge is 0.345 e. The van der Waals surface area contributed by atoms with Crippen LogP contribution in [0.4, 0.5) is 5.13 Å². The Bertz CT molecular complexity index is 448. The summed E-state index contributed by atoms with van der Waals surface area (Å²) in [5, 5.41) is 6.48. The number of hydrogen-bond acceptors (Lipinski definition) is 5. The summed E-state index contributed by atoms with van der Waals surface area (Å²) < 4.78 is 0. The molecule has 3 heterocycles. The molecule has 2 fully saturated rings. The Morgan fingerprint density at radius 1 is 1.35 bits per heavy atom. The number of thiazole rings is 1. The summed E-state index contributed by atoms with van der Waals surface area (Å²) >= 11 is 1.67. The monoisotopic (exact) mass is 294 g/mol. The number of piperidine rings is 1. The van der Waals surface area contributed by atoms with Crippen LogP contribution in [0.1, 0.15) is 26.2 Å². The quantitative estimate of drug-likeness (QED) is 0.894. The van der Waals surface area contributed by atoms with Crippen LogP contribution in [-0.4, -0.2) is 54.1 Å². The highest BCUT2D eigenvalue weighted by atomic mass is 32.1. The smallest absolute Gasteiger partial charge is 0.242 e. The highest BCUT2D eigenvalue weighted by Gasteiger charge is 2.38. The summed E-state index contributed by atoms with van der Waals surface area (Å²) in [7, 11) is 0. The van der Waals surface area contributed by atoms with E-state index in [1.165, 1.54) is 6.42 Å². The normalized spacial score (nSPS) is 27.6. The van der Waals surface area contributed by atoms with Crippen molar-refractivity contribution in [1.82, 2.24) is 15.2 Å². The van der Waals surface area contributed by atoms with Gasteiger partial charge < -0.3 is 15.1 Å². The molecule has 1 aromatic rings. The van der Waals surface area contributed by atoms with E-state index in [-0.39, 0.29) is 11.4 Å². The number of carbonyl (C=O) groups excluding carboxylic acids is 1. The Balaban J connectivity index is 1.59. The fourth-order valence-corrected chi connectivity index (χ4v) is 3.76. The number of amides is 1. The zero-order valence-corrected chi connectivity index (χ0v) is 12.8. The molecule has 6 heteroatoms. The van der Waals surface area contributed by atoms with Crippen LogP contribution in [0, 0.1) is 0 Å². The molecule has 0 bridgehead atoms. The molecule has 1 amide bonds. The number of carbonyl (C=O) groups is 1. The van der Waals surface area contributed by atoms with E-state index >= 15 is 0 Å². The second-order valence-electron chi connectivity index (χ2n) is 5.81. The Morgan fingerprint density at radius 3 is 2.75 bits per heavy atom. The minimum absolute atomic E-state index is 0.274. The summed E-state index contributed by atoms with van der Waals surface area (Å²) in [6, 6.07) is 0. The van der Waals surface area contributed by atoms with Gasteiger partial charge in [-0.05, 0) is 32.7 Å². The number of hydrogen-bond donors (Lipinski definition) is 1. The number of nitrogens with one attached hydrogen (secondary N) is 1. The van der Waals surface area contributed by atoms with Crippen molar-refractivity contribution in [3.8, 4) is 0 Å². The molecular weight excluding hydrogens is 272 g/mol. The van der Waals surface area contributed by atoms with Crippen LogP contribution >= 0.6 is 11.3 Å². The van der Waals surface area contributed by atoms with Gasteiger partial charge in [0.2, 0.25) is 5.91 Å². The van der Waals surface area contributed by atoms with Gasteiger partial charge in [0.15, 0.2) is 5.13 Å². The second-order valence-corrected chi connectivity index (χ2v) is 6.68. The fraction of sp³-hybridized carbons (Fsp3) is 0.714. The topological polar surface area (TPSA) is 48.5 Å². The highest BCUT2D eigenvalue weighted by molar-refractivity contribution is 7.13. The van der Waals surface area contributed by atoms with Crippen LogP contribution < -0.4 is 10.2 Å². The maximum atomic E-state index is 12.7. The molecule has 2 saturated heterocycles. The summed E-state index contributed by atoms with van der Waals surface area (Å²) in [5.74, 6) is 0.274. The molecule has 2 aliphatic heterocycles. The molecule has 0 radical (unpaired) electrons. The van der Waals surface area contributed by atoms with Crippen molar-refractivity contribution in [2.45, 2.75) is 31.7 Å². The molecular formula is C14H22N4OS. The van der Waals surface area contributed by atoms with E-state index in [9.17, 15) is 4.79 Å². The Kier molecular flexibility index (Phi) is 3.94. The van der Waals surface area contributed by atoms with E-state index < -0.39 is 0 Å². The van der Waals surface area contributed by atoms with Gasteiger partial charge in [-0.25, -0.2) is 4.98 Å². The SMILES string of the molecule is CC1(C(=O)N2CCN(c3nccs3)CC2)CCCCN1. The molecule has 0 aliphatic carbocycles. The predicted molar refractivity (Wildman–Crippen MR) is 81.2 cm³/mol. The number of nitrogens with zero attached hydrogens (tertiary/aromatic N) is 3. The molecule has 0 saturated carbocycles. The van der Waals surface area contributed by atoms with Gasteiger partial charge in [0.1, 0.15) is 0 Å². The van der Waals surface area contributed by atoms with Gasteiger partial charge in [-0.3, -0.25) is 4.79 Å². The Hall–Kier alpha value is -1.14. The highest BCUT2D eigenvalue weighted by Crippen LogP contribution is 2.24. The van der Waals surface area contributed by atoms with E-state index in [4.69, 9.17) is 0 Å². The van der Waals surface area contributed by atoms with Crippen molar-refractivity contribution in [3.05, 3.63) is 11.6 Å². The zero-order valence-electron chi connectivity index (χ0n) is 12.0. The number of aromatic nitrogens is 1. The molecule has 1 unspecified atom stereocenters. The van der Waals surface area contributed by atoms with E-state index in [1.807, 2.05) is 16.5 Å². The summed E-state index contributed by atoms with van der Waals surface area (Å²) in [5.41, 5.74) is -0.346. The molecule has 20 heavy (non-hydrogen) atoms. The van der Waals surface area contributed by atoms with Gasteiger partial charge in [-0.1, -0.05) is 0 Å².